The first kappa shape index (κ1) is 8.87. The summed E-state index contributed by atoms with van der Waals surface area (Å²) in [5.41, 5.74) is 0. The van der Waals surface area contributed by atoms with Crippen LogP contribution < -0.4 is 5.32 Å². The van der Waals surface area contributed by atoms with E-state index < -0.39 is 6.61 Å². The molecule has 1 atom stereocenters. The second kappa shape index (κ2) is 4.62. The molecule has 2 nitrogen and oxygen atoms in total. The smallest absolute Gasteiger partial charge is 0.321 e. The predicted molar refractivity (Wildman–Crippen MR) is 37.6 cm³/mol. The zero-order valence-corrected chi connectivity index (χ0v) is 6.35. The fraction of sp³-hybridized carbons (Fsp3) is 1.00. The molecular formula is C7H13F2NO. The van der Waals surface area contributed by atoms with Crippen molar-refractivity contribution >= 4 is 0 Å². The van der Waals surface area contributed by atoms with Gasteiger partial charge in [0.2, 0.25) is 0 Å². The van der Waals surface area contributed by atoms with Gasteiger partial charge in [-0.15, -0.1) is 0 Å². The number of piperidine rings is 1. The lowest BCUT2D eigenvalue weighted by atomic mass is 10.1. The third kappa shape index (κ3) is 3.62. The Kier molecular flexibility index (Phi) is 3.72. The van der Waals surface area contributed by atoms with Gasteiger partial charge in [0.15, 0.2) is 0 Å². The molecule has 1 fully saturated rings. The fourth-order valence-corrected chi connectivity index (χ4v) is 1.26. The maximum Gasteiger partial charge on any atom is 0.345 e. The average Bonchev–Trinajstić information content (AvgIpc) is 2.03. The molecule has 0 aromatic rings. The number of hydrogen-bond donors (Lipinski definition) is 1. The lowest BCUT2D eigenvalue weighted by molar-refractivity contribution is -0.134. The van der Waals surface area contributed by atoms with Crippen molar-refractivity contribution in [3.63, 3.8) is 0 Å². The van der Waals surface area contributed by atoms with E-state index in [4.69, 9.17) is 0 Å². The van der Waals surface area contributed by atoms with Crippen LogP contribution in [0.25, 0.3) is 0 Å². The lowest BCUT2D eigenvalue weighted by Gasteiger charge is -2.22. The molecule has 11 heavy (non-hydrogen) atoms. The first-order valence-corrected chi connectivity index (χ1v) is 3.92. The van der Waals surface area contributed by atoms with Gasteiger partial charge >= 0.3 is 6.61 Å². The first-order valence-electron chi connectivity index (χ1n) is 3.92. The van der Waals surface area contributed by atoms with Crippen LogP contribution in [0.5, 0.6) is 0 Å². The quantitative estimate of drug-likeness (QED) is 0.682. The third-order valence-corrected chi connectivity index (χ3v) is 1.84. The molecule has 0 radical (unpaired) electrons. The summed E-state index contributed by atoms with van der Waals surface area (Å²) in [6.07, 6.45) is 3.21. The normalized spacial score (nSPS) is 25.9. The van der Waals surface area contributed by atoms with E-state index in [-0.39, 0.29) is 12.6 Å². The number of nitrogens with one attached hydrogen (secondary N) is 1. The first-order chi connectivity index (χ1) is 5.29. The largest absolute Gasteiger partial charge is 0.345 e. The molecule has 0 aromatic heterocycles. The Morgan fingerprint density at radius 1 is 1.45 bits per heavy atom. The summed E-state index contributed by atoms with van der Waals surface area (Å²) < 4.78 is 27.3. The summed E-state index contributed by atoms with van der Waals surface area (Å²) in [6, 6.07) is 0.137. The van der Waals surface area contributed by atoms with E-state index in [1.807, 2.05) is 0 Å². The summed E-state index contributed by atoms with van der Waals surface area (Å²) >= 11 is 0. The van der Waals surface area contributed by atoms with Crippen molar-refractivity contribution in [1.82, 2.24) is 5.32 Å². The second-order valence-electron chi connectivity index (χ2n) is 2.74. The van der Waals surface area contributed by atoms with Crippen molar-refractivity contribution < 1.29 is 13.5 Å². The van der Waals surface area contributed by atoms with Gasteiger partial charge in [-0.2, -0.15) is 8.78 Å². The molecule has 1 N–H and O–H groups in total. The van der Waals surface area contributed by atoms with Crippen LogP contribution in [0.1, 0.15) is 19.3 Å². The summed E-state index contributed by atoms with van der Waals surface area (Å²) in [7, 11) is 0. The Balaban J connectivity index is 2.05. The number of ether oxygens (including phenoxy) is 1. The molecule has 0 aliphatic carbocycles. The molecular weight excluding hydrogens is 152 g/mol. The van der Waals surface area contributed by atoms with Crippen molar-refractivity contribution in [2.24, 2.45) is 0 Å². The number of alkyl halides is 2. The number of hydrogen-bond acceptors (Lipinski definition) is 2. The van der Waals surface area contributed by atoms with Crippen molar-refractivity contribution in [3.8, 4) is 0 Å². The highest BCUT2D eigenvalue weighted by Gasteiger charge is 2.14. The lowest BCUT2D eigenvalue weighted by Crippen LogP contribution is -2.38. The van der Waals surface area contributed by atoms with Crippen LogP contribution >= 0.6 is 0 Å². The molecule has 4 heteroatoms. The van der Waals surface area contributed by atoms with E-state index in [1.54, 1.807) is 0 Å². The molecule has 1 saturated heterocycles. The fourth-order valence-electron chi connectivity index (χ4n) is 1.26. The van der Waals surface area contributed by atoms with E-state index in [2.05, 4.69) is 10.1 Å². The van der Waals surface area contributed by atoms with Gasteiger partial charge in [-0.25, -0.2) is 0 Å². The van der Waals surface area contributed by atoms with Crippen molar-refractivity contribution in [2.45, 2.75) is 31.9 Å². The molecule has 1 aliphatic rings. The summed E-state index contributed by atoms with van der Waals surface area (Å²) in [6.45, 7) is -1.56. The van der Waals surface area contributed by atoms with Gasteiger partial charge in [0.1, 0.15) is 0 Å². The molecule has 0 aromatic carbocycles. The van der Waals surface area contributed by atoms with Crippen LogP contribution in [0.3, 0.4) is 0 Å². The Morgan fingerprint density at radius 3 is 2.82 bits per heavy atom. The van der Waals surface area contributed by atoms with E-state index >= 15 is 0 Å². The van der Waals surface area contributed by atoms with Crippen LogP contribution in [0.2, 0.25) is 0 Å². The van der Waals surface area contributed by atoms with Crippen molar-refractivity contribution in [1.29, 1.82) is 0 Å². The van der Waals surface area contributed by atoms with Crippen LogP contribution in [0.4, 0.5) is 8.78 Å². The molecule has 0 saturated carbocycles. The molecule has 1 heterocycles. The minimum atomic E-state index is -2.63. The average molecular weight is 165 g/mol. The highest BCUT2D eigenvalue weighted by Crippen LogP contribution is 2.08. The van der Waals surface area contributed by atoms with Crippen LogP contribution in [0, 0.1) is 0 Å². The standard InChI is InChI=1S/C7H13F2NO/c8-7(9)11-5-6-3-1-2-4-10-6/h6-7,10H,1-5H2/t6-/m1/s1. The third-order valence-electron chi connectivity index (χ3n) is 1.84. The van der Waals surface area contributed by atoms with Crippen LogP contribution in [-0.2, 0) is 4.74 Å². The minimum absolute atomic E-state index is 0.137. The minimum Gasteiger partial charge on any atom is -0.321 e. The number of rotatable bonds is 3. The van der Waals surface area contributed by atoms with E-state index in [9.17, 15) is 8.78 Å². The summed E-state index contributed by atoms with van der Waals surface area (Å²) in [5.74, 6) is 0. The highest BCUT2D eigenvalue weighted by atomic mass is 19.3. The molecule has 66 valence electrons. The highest BCUT2D eigenvalue weighted by molar-refractivity contribution is 4.70. The molecule has 0 amide bonds. The maximum absolute atomic E-state index is 11.5. The maximum atomic E-state index is 11.5. The van der Waals surface area contributed by atoms with E-state index in [0.717, 1.165) is 25.8 Å². The van der Waals surface area contributed by atoms with E-state index in [1.165, 1.54) is 0 Å². The molecule has 1 rings (SSSR count). The van der Waals surface area contributed by atoms with Gasteiger partial charge in [-0.3, -0.25) is 0 Å². The van der Waals surface area contributed by atoms with E-state index in [0.29, 0.717) is 0 Å². The topological polar surface area (TPSA) is 21.3 Å². The van der Waals surface area contributed by atoms with Crippen LogP contribution in [-0.4, -0.2) is 25.8 Å². The van der Waals surface area contributed by atoms with Gasteiger partial charge in [-0.05, 0) is 19.4 Å². The Labute approximate surface area is 64.9 Å². The predicted octanol–water partition coefficient (Wildman–Crippen LogP) is 1.37. The number of halogens is 2. The van der Waals surface area contributed by atoms with Gasteiger partial charge < -0.3 is 10.1 Å². The molecule has 1 aliphatic heterocycles. The van der Waals surface area contributed by atoms with Gasteiger partial charge in [-0.1, -0.05) is 6.42 Å². The molecule has 0 bridgehead atoms. The zero-order chi connectivity index (χ0) is 8.10. The molecule has 0 spiro atoms. The second-order valence-corrected chi connectivity index (χ2v) is 2.74. The zero-order valence-electron chi connectivity index (χ0n) is 6.35. The van der Waals surface area contributed by atoms with Crippen molar-refractivity contribution in [2.75, 3.05) is 13.2 Å². The monoisotopic (exact) mass is 165 g/mol. The Hall–Kier alpha value is -0.220. The van der Waals surface area contributed by atoms with Gasteiger partial charge in [0.05, 0.1) is 6.61 Å². The SMILES string of the molecule is FC(F)OC[C@H]1CCCCN1. The Morgan fingerprint density at radius 2 is 2.27 bits per heavy atom. The van der Waals surface area contributed by atoms with Crippen LogP contribution in [0.15, 0.2) is 0 Å². The summed E-state index contributed by atoms with van der Waals surface area (Å²) in [5, 5.41) is 3.12. The Bertz CT molecular complexity index is 105. The van der Waals surface area contributed by atoms with Gasteiger partial charge in [0, 0.05) is 6.04 Å². The molecule has 0 unspecified atom stereocenters. The van der Waals surface area contributed by atoms with Gasteiger partial charge in [0.25, 0.3) is 0 Å². The van der Waals surface area contributed by atoms with Crippen molar-refractivity contribution in [3.05, 3.63) is 0 Å². The summed E-state index contributed by atoms with van der Waals surface area (Å²) in [4.78, 5) is 0.